The summed E-state index contributed by atoms with van der Waals surface area (Å²) in [5.41, 5.74) is 1.55. The number of urea groups is 1. The number of rotatable bonds is 6. The molecule has 0 aliphatic rings. The third-order valence-electron chi connectivity index (χ3n) is 3.77. The number of anilines is 1. The quantitative estimate of drug-likeness (QED) is 0.663. The minimum atomic E-state index is -3.66. The Kier molecular flexibility index (Phi) is 5.95. The van der Waals surface area contributed by atoms with Crippen LogP contribution in [0.1, 0.15) is 11.1 Å². The van der Waals surface area contributed by atoms with Gasteiger partial charge < -0.3 is 10.6 Å². The molecule has 3 rings (SSSR count). The lowest BCUT2D eigenvalue weighted by Crippen LogP contribution is -2.28. The molecular formula is C19H17FN4O3S. The number of benzene rings is 1. The van der Waals surface area contributed by atoms with E-state index in [1.807, 2.05) is 6.07 Å². The maximum atomic E-state index is 13.2. The highest BCUT2D eigenvalue weighted by atomic mass is 32.2. The van der Waals surface area contributed by atoms with Crippen molar-refractivity contribution in [2.24, 2.45) is 0 Å². The van der Waals surface area contributed by atoms with Crippen LogP contribution >= 0.6 is 0 Å². The van der Waals surface area contributed by atoms with Crippen LogP contribution in [0, 0.1) is 5.82 Å². The van der Waals surface area contributed by atoms with Crippen LogP contribution in [0.4, 0.5) is 14.9 Å². The molecule has 7 nitrogen and oxygen atoms in total. The lowest BCUT2D eigenvalue weighted by molar-refractivity contribution is 0.251. The number of carbonyl (C=O) groups excluding carboxylic acids is 1. The van der Waals surface area contributed by atoms with Gasteiger partial charge in [-0.15, -0.1) is 0 Å². The standard InChI is InChI=1S/C19H17FN4O3S/c20-16-8-15(10-22-12-16)13-28(26,27)18-5-3-17(4-6-18)24-19(25)23-11-14-2-1-7-21-9-14/h1-10,12H,11,13H2,(H2,23,24,25). The van der Waals surface area contributed by atoms with Gasteiger partial charge in [-0.25, -0.2) is 17.6 Å². The van der Waals surface area contributed by atoms with Gasteiger partial charge in [0.05, 0.1) is 16.8 Å². The highest BCUT2D eigenvalue weighted by Gasteiger charge is 2.16. The topological polar surface area (TPSA) is 101 Å². The largest absolute Gasteiger partial charge is 0.334 e. The lowest BCUT2D eigenvalue weighted by Gasteiger charge is -2.09. The number of sulfone groups is 1. The Morgan fingerprint density at radius 1 is 1.00 bits per heavy atom. The van der Waals surface area contributed by atoms with Crippen molar-refractivity contribution in [3.05, 3.63) is 84.2 Å². The first kappa shape index (κ1) is 19.4. The maximum Gasteiger partial charge on any atom is 0.319 e. The smallest absolute Gasteiger partial charge is 0.319 e. The van der Waals surface area contributed by atoms with Crippen LogP contribution in [0.2, 0.25) is 0 Å². The zero-order chi connectivity index (χ0) is 20.0. The van der Waals surface area contributed by atoms with Crippen molar-refractivity contribution in [1.29, 1.82) is 0 Å². The van der Waals surface area contributed by atoms with Gasteiger partial charge in [-0.1, -0.05) is 6.07 Å². The van der Waals surface area contributed by atoms with Crippen LogP contribution in [0.3, 0.4) is 0 Å². The third kappa shape index (κ3) is 5.34. The maximum absolute atomic E-state index is 13.2. The molecular weight excluding hydrogens is 383 g/mol. The summed E-state index contributed by atoms with van der Waals surface area (Å²) in [7, 11) is -3.66. The molecule has 3 aromatic rings. The molecule has 1 aromatic carbocycles. The predicted molar refractivity (Wildman–Crippen MR) is 102 cm³/mol. The Hall–Kier alpha value is -3.33. The molecule has 0 radical (unpaired) electrons. The number of amides is 2. The Morgan fingerprint density at radius 3 is 2.43 bits per heavy atom. The minimum Gasteiger partial charge on any atom is -0.334 e. The molecule has 0 saturated heterocycles. The van der Waals surface area contributed by atoms with E-state index < -0.39 is 21.7 Å². The van der Waals surface area contributed by atoms with Crippen LogP contribution in [0.5, 0.6) is 0 Å². The summed E-state index contributed by atoms with van der Waals surface area (Å²) in [6.45, 7) is 0.313. The van der Waals surface area contributed by atoms with Crippen molar-refractivity contribution in [2.75, 3.05) is 5.32 Å². The van der Waals surface area contributed by atoms with Crippen molar-refractivity contribution >= 4 is 21.6 Å². The van der Waals surface area contributed by atoms with Crippen LogP contribution in [-0.2, 0) is 22.1 Å². The Bertz CT molecular complexity index is 1060. The van der Waals surface area contributed by atoms with Gasteiger partial charge in [0.15, 0.2) is 9.84 Å². The number of hydrogen-bond donors (Lipinski definition) is 2. The summed E-state index contributed by atoms with van der Waals surface area (Å²) in [5.74, 6) is -0.958. The van der Waals surface area contributed by atoms with Crippen LogP contribution in [0.15, 0.2) is 72.1 Å². The molecule has 0 bridgehead atoms. The summed E-state index contributed by atoms with van der Waals surface area (Å²) in [5, 5.41) is 5.30. The summed E-state index contributed by atoms with van der Waals surface area (Å²) in [4.78, 5) is 19.6. The van der Waals surface area contributed by atoms with E-state index in [-0.39, 0.29) is 16.2 Å². The van der Waals surface area contributed by atoms with Crippen molar-refractivity contribution < 1.29 is 17.6 Å². The highest BCUT2D eigenvalue weighted by molar-refractivity contribution is 7.90. The number of halogens is 1. The molecule has 0 saturated carbocycles. The van der Waals surface area contributed by atoms with E-state index in [1.54, 1.807) is 18.5 Å². The average molecular weight is 400 g/mol. The summed E-state index contributed by atoms with van der Waals surface area (Å²) in [6, 6.07) is 10.1. The number of carbonyl (C=O) groups is 1. The molecule has 28 heavy (non-hydrogen) atoms. The van der Waals surface area contributed by atoms with E-state index in [0.717, 1.165) is 17.8 Å². The Labute approximate surface area is 161 Å². The number of hydrogen-bond acceptors (Lipinski definition) is 5. The van der Waals surface area contributed by atoms with E-state index in [0.29, 0.717) is 12.2 Å². The van der Waals surface area contributed by atoms with Gasteiger partial charge in [-0.2, -0.15) is 0 Å². The normalized spacial score (nSPS) is 11.0. The van der Waals surface area contributed by atoms with Crippen molar-refractivity contribution in [3.8, 4) is 0 Å². The minimum absolute atomic E-state index is 0.0677. The molecule has 2 aromatic heterocycles. The first-order valence-corrected chi connectivity index (χ1v) is 9.94. The summed E-state index contributed by atoms with van der Waals surface area (Å²) in [6.07, 6.45) is 5.61. The molecule has 0 fully saturated rings. The molecule has 0 unspecified atom stereocenters. The van der Waals surface area contributed by atoms with E-state index in [1.165, 1.54) is 30.5 Å². The van der Waals surface area contributed by atoms with Gasteiger partial charge in [0.1, 0.15) is 5.82 Å². The number of nitrogens with zero attached hydrogens (tertiary/aromatic N) is 2. The molecule has 9 heteroatoms. The highest BCUT2D eigenvalue weighted by Crippen LogP contribution is 2.19. The fourth-order valence-corrected chi connectivity index (χ4v) is 3.76. The van der Waals surface area contributed by atoms with Crippen molar-refractivity contribution in [3.63, 3.8) is 0 Å². The molecule has 0 aliphatic carbocycles. The van der Waals surface area contributed by atoms with Crippen LogP contribution in [-0.4, -0.2) is 24.4 Å². The Balaban J connectivity index is 1.60. The fraction of sp³-hybridized carbons (Fsp3) is 0.105. The monoisotopic (exact) mass is 400 g/mol. The number of nitrogens with one attached hydrogen (secondary N) is 2. The number of aromatic nitrogens is 2. The molecule has 0 aliphatic heterocycles. The predicted octanol–water partition coefficient (Wildman–Crippen LogP) is 2.91. The molecule has 2 amide bonds. The molecule has 144 valence electrons. The summed E-state index contributed by atoms with van der Waals surface area (Å²) >= 11 is 0. The zero-order valence-electron chi connectivity index (χ0n) is 14.7. The Morgan fingerprint density at radius 2 is 1.75 bits per heavy atom. The van der Waals surface area contributed by atoms with Crippen molar-refractivity contribution in [2.45, 2.75) is 17.2 Å². The second-order valence-electron chi connectivity index (χ2n) is 5.96. The molecule has 0 atom stereocenters. The van der Waals surface area contributed by atoms with Gasteiger partial charge in [0.25, 0.3) is 0 Å². The summed E-state index contributed by atoms with van der Waals surface area (Å²) < 4.78 is 38.1. The molecule has 2 N–H and O–H groups in total. The van der Waals surface area contributed by atoms with E-state index >= 15 is 0 Å². The zero-order valence-corrected chi connectivity index (χ0v) is 15.5. The van der Waals surface area contributed by atoms with Crippen molar-refractivity contribution in [1.82, 2.24) is 15.3 Å². The van der Waals surface area contributed by atoms with Gasteiger partial charge in [0, 0.05) is 30.8 Å². The SMILES string of the molecule is O=C(NCc1cccnc1)Nc1ccc(S(=O)(=O)Cc2cncc(F)c2)cc1. The lowest BCUT2D eigenvalue weighted by atomic mass is 10.3. The van der Waals surface area contributed by atoms with Gasteiger partial charge in [-0.05, 0) is 47.5 Å². The van der Waals surface area contributed by atoms with Gasteiger partial charge in [-0.3, -0.25) is 9.97 Å². The molecule has 2 heterocycles. The number of pyridine rings is 2. The van der Waals surface area contributed by atoms with E-state index in [2.05, 4.69) is 20.6 Å². The average Bonchev–Trinajstić information content (AvgIpc) is 2.67. The van der Waals surface area contributed by atoms with E-state index in [9.17, 15) is 17.6 Å². The second-order valence-corrected chi connectivity index (χ2v) is 7.95. The van der Waals surface area contributed by atoms with E-state index in [4.69, 9.17) is 0 Å². The molecule has 0 spiro atoms. The third-order valence-corrected chi connectivity index (χ3v) is 5.47. The van der Waals surface area contributed by atoms with Crippen LogP contribution < -0.4 is 10.6 Å². The fourth-order valence-electron chi connectivity index (χ4n) is 2.44. The first-order valence-electron chi connectivity index (χ1n) is 8.28. The second kappa shape index (κ2) is 8.57. The van der Waals surface area contributed by atoms with Gasteiger partial charge in [0.2, 0.25) is 0 Å². The van der Waals surface area contributed by atoms with Crippen LogP contribution in [0.25, 0.3) is 0 Å². The first-order chi connectivity index (χ1) is 13.4. The van der Waals surface area contributed by atoms with Gasteiger partial charge >= 0.3 is 6.03 Å².